The number of nitrogens with zero attached hydrogens (tertiary/aromatic N) is 4. The van der Waals surface area contributed by atoms with Crippen LogP contribution in [0.2, 0.25) is 0 Å². The second-order valence-electron chi connectivity index (χ2n) is 4.17. The van der Waals surface area contributed by atoms with Crippen LogP contribution in [0.25, 0.3) is 0 Å². The van der Waals surface area contributed by atoms with E-state index in [4.69, 9.17) is 0 Å². The van der Waals surface area contributed by atoms with Crippen LogP contribution < -0.4 is 0 Å². The highest BCUT2D eigenvalue weighted by atomic mass is 16.4. The number of carboxylic acids is 1. The maximum absolute atomic E-state index is 11.7. The van der Waals surface area contributed by atoms with Crippen molar-refractivity contribution in [3.63, 3.8) is 0 Å². The normalized spacial score (nSPS) is 15.5. The summed E-state index contributed by atoms with van der Waals surface area (Å²) in [4.78, 5) is 33.9. The molecule has 1 atom stereocenters. The average molecular weight is 265 g/mol. The van der Waals surface area contributed by atoms with Crippen LogP contribution in [0.15, 0.2) is 17.5 Å². The minimum absolute atomic E-state index is 0.142. The number of amides is 1. The molecular weight excluding hydrogens is 250 g/mol. The monoisotopic (exact) mass is 265 g/mol. The zero-order valence-electron chi connectivity index (χ0n) is 10.5. The van der Waals surface area contributed by atoms with Crippen molar-refractivity contribution in [1.82, 2.24) is 20.0 Å². The molecule has 0 bridgehead atoms. The van der Waals surface area contributed by atoms with Gasteiger partial charge in [0.05, 0.1) is 25.1 Å². The van der Waals surface area contributed by atoms with Gasteiger partial charge >= 0.3 is 5.97 Å². The number of carbonyl (C=O) groups is 2. The van der Waals surface area contributed by atoms with Gasteiger partial charge in [0.15, 0.2) is 6.04 Å². The molecule has 1 aromatic rings. The number of hydrazine groups is 1. The Bertz CT molecular complexity index is 485. The van der Waals surface area contributed by atoms with Crippen LogP contribution in [-0.2, 0) is 16.0 Å². The van der Waals surface area contributed by atoms with Crippen molar-refractivity contribution >= 4 is 18.2 Å². The summed E-state index contributed by atoms with van der Waals surface area (Å²) in [6, 6.07) is -0.995. The third-order valence-corrected chi connectivity index (χ3v) is 2.81. The SMILES string of the molecule is CC(=O)N(C(Cc1c[nH]cn1)C(=O)O)N1C=NCC1. The molecular formula is C11H15N5O3. The number of carbonyl (C=O) groups excluding carboxylic acids is 1. The first-order valence-corrected chi connectivity index (χ1v) is 5.86. The molecule has 0 aliphatic carbocycles. The Balaban J connectivity index is 2.21. The van der Waals surface area contributed by atoms with Gasteiger partial charge in [-0.3, -0.25) is 14.8 Å². The highest BCUT2D eigenvalue weighted by Gasteiger charge is 2.33. The summed E-state index contributed by atoms with van der Waals surface area (Å²) in [6.07, 6.45) is 4.72. The number of aliphatic carboxylic acids is 1. The summed E-state index contributed by atoms with van der Waals surface area (Å²) >= 11 is 0. The molecule has 8 nitrogen and oxygen atoms in total. The third-order valence-electron chi connectivity index (χ3n) is 2.81. The lowest BCUT2D eigenvalue weighted by molar-refractivity contribution is -0.159. The molecule has 2 N–H and O–H groups in total. The Morgan fingerprint density at radius 2 is 2.42 bits per heavy atom. The number of rotatable bonds is 5. The highest BCUT2D eigenvalue weighted by Crippen LogP contribution is 2.12. The molecule has 19 heavy (non-hydrogen) atoms. The van der Waals surface area contributed by atoms with Gasteiger partial charge in [0.1, 0.15) is 6.34 Å². The summed E-state index contributed by atoms with van der Waals surface area (Å²) in [5.74, 6) is -1.41. The van der Waals surface area contributed by atoms with Crippen LogP contribution in [0.4, 0.5) is 0 Å². The Morgan fingerprint density at radius 3 is 2.89 bits per heavy atom. The van der Waals surface area contributed by atoms with Crippen molar-refractivity contribution in [2.45, 2.75) is 19.4 Å². The number of aliphatic imine (C=N–C) groups is 1. The maximum atomic E-state index is 11.7. The number of aromatic nitrogens is 2. The van der Waals surface area contributed by atoms with Gasteiger partial charge in [0, 0.05) is 19.5 Å². The van der Waals surface area contributed by atoms with Crippen molar-refractivity contribution < 1.29 is 14.7 Å². The van der Waals surface area contributed by atoms with E-state index in [0.29, 0.717) is 18.8 Å². The number of aromatic amines is 1. The van der Waals surface area contributed by atoms with Gasteiger partial charge in [-0.05, 0) is 0 Å². The molecule has 0 saturated carbocycles. The zero-order valence-corrected chi connectivity index (χ0v) is 10.5. The average Bonchev–Trinajstić information content (AvgIpc) is 2.99. The molecule has 1 aliphatic rings. The second-order valence-corrected chi connectivity index (χ2v) is 4.17. The molecule has 0 aromatic carbocycles. The summed E-state index contributed by atoms with van der Waals surface area (Å²) in [6.45, 7) is 2.40. The highest BCUT2D eigenvalue weighted by molar-refractivity contribution is 5.83. The molecule has 0 radical (unpaired) electrons. The van der Waals surface area contributed by atoms with Crippen LogP contribution >= 0.6 is 0 Å². The van der Waals surface area contributed by atoms with Gasteiger partial charge < -0.3 is 10.1 Å². The zero-order chi connectivity index (χ0) is 13.8. The van der Waals surface area contributed by atoms with Crippen molar-refractivity contribution in [2.75, 3.05) is 13.1 Å². The molecule has 102 valence electrons. The van der Waals surface area contributed by atoms with Crippen LogP contribution in [0.5, 0.6) is 0 Å². The van der Waals surface area contributed by atoms with Crippen LogP contribution in [0, 0.1) is 0 Å². The molecule has 2 rings (SSSR count). The number of H-pyrrole nitrogens is 1. The molecule has 8 heteroatoms. The maximum Gasteiger partial charge on any atom is 0.328 e. The van der Waals surface area contributed by atoms with E-state index in [0.717, 1.165) is 0 Å². The predicted molar refractivity (Wildman–Crippen MR) is 66.3 cm³/mol. The van der Waals surface area contributed by atoms with E-state index in [1.165, 1.54) is 29.6 Å². The fraction of sp³-hybridized carbons (Fsp3) is 0.455. The summed E-state index contributed by atoms with van der Waals surface area (Å²) in [5, 5.41) is 12.1. The summed E-state index contributed by atoms with van der Waals surface area (Å²) in [5.41, 5.74) is 0.592. The van der Waals surface area contributed by atoms with Crippen molar-refractivity contribution in [3.05, 3.63) is 18.2 Å². The lowest BCUT2D eigenvalue weighted by Gasteiger charge is -2.34. The molecule has 0 saturated heterocycles. The Labute approximate surface area is 109 Å². The van der Waals surface area contributed by atoms with Gasteiger partial charge in [0.2, 0.25) is 5.91 Å². The van der Waals surface area contributed by atoms with Gasteiger partial charge in [0.25, 0.3) is 0 Å². The quantitative estimate of drug-likeness (QED) is 0.748. The summed E-state index contributed by atoms with van der Waals surface area (Å²) < 4.78 is 0. The van der Waals surface area contributed by atoms with Crippen molar-refractivity contribution in [3.8, 4) is 0 Å². The molecule has 1 unspecified atom stereocenters. The van der Waals surface area contributed by atoms with E-state index in [2.05, 4.69) is 15.0 Å². The van der Waals surface area contributed by atoms with E-state index in [9.17, 15) is 14.7 Å². The summed E-state index contributed by atoms with van der Waals surface area (Å²) in [7, 11) is 0. The fourth-order valence-electron chi connectivity index (χ4n) is 1.99. The number of imidazole rings is 1. The minimum Gasteiger partial charge on any atom is -0.480 e. The molecule has 0 spiro atoms. The van der Waals surface area contributed by atoms with E-state index in [1.54, 1.807) is 6.20 Å². The van der Waals surface area contributed by atoms with Gasteiger partial charge in [-0.25, -0.2) is 14.8 Å². The first-order valence-electron chi connectivity index (χ1n) is 5.86. The van der Waals surface area contributed by atoms with E-state index < -0.39 is 12.0 Å². The smallest absolute Gasteiger partial charge is 0.328 e. The Morgan fingerprint density at radius 1 is 1.63 bits per heavy atom. The van der Waals surface area contributed by atoms with Crippen LogP contribution in [-0.4, -0.2) is 62.4 Å². The first-order chi connectivity index (χ1) is 9.09. The molecule has 1 amide bonds. The van der Waals surface area contributed by atoms with Gasteiger partial charge in [-0.15, -0.1) is 0 Å². The molecule has 0 fully saturated rings. The topological polar surface area (TPSA) is 102 Å². The lowest BCUT2D eigenvalue weighted by Crippen LogP contribution is -2.54. The lowest BCUT2D eigenvalue weighted by atomic mass is 10.1. The number of hydrogen-bond acceptors (Lipinski definition) is 5. The number of carboxylic acid groups (broad SMARTS) is 1. The predicted octanol–water partition coefficient (Wildman–Crippen LogP) is -0.487. The molecule has 2 heterocycles. The Kier molecular flexibility index (Phi) is 3.79. The Hall–Kier alpha value is -2.38. The third kappa shape index (κ3) is 2.90. The van der Waals surface area contributed by atoms with Crippen LogP contribution in [0.1, 0.15) is 12.6 Å². The standard InChI is InChI=1S/C11H15N5O3/c1-8(17)16(15-3-2-12-7-15)10(11(18)19)4-9-5-13-6-14-9/h5-7,10H,2-4H2,1H3,(H,13,14)(H,18,19). The fourth-order valence-corrected chi connectivity index (χ4v) is 1.99. The van der Waals surface area contributed by atoms with Crippen LogP contribution in [0.3, 0.4) is 0 Å². The van der Waals surface area contributed by atoms with Gasteiger partial charge in [-0.1, -0.05) is 0 Å². The largest absolute Gasteiger partial charge is 0.480 e. The van der Waals surface area contributed by atoms with E-state index in [-0.39, 0.29) is 12.3 Å². The first kappa shape index (κ1) is 13.1. The van der Waals surface area contributed by atoms with Crippen molar-refractivity contribution in [1.29, 1.82) is 0 Å². The second kappa shape index (κ2) is 5.51. The van der Waals surface area contributed by atoms with Gasteiger partial charge in [-0.2, -0.15) is 0 Å². The van der Waals surface area contributed by atoms with Crippen molar-refractivity contribution in [2.24, 2.45) is 4.99 Å². The number of nitrogens with one attached hydrogen (secondary N) is 1. The minimum atomic E-state index is -1.07. The number of hydrogen-bond donors (Lipinski definition) is 2. The molecule has 1 aliphatic heterocycles. The van der Waals surface area contributed by atoms with E-state index >= 15 is 0 Å². The molecule has 1 aromatic heterocycles. The van der Waals surface area contributed by atoms with E-state index in [1.807, 2.05) is 0 Å².